The first kappa shape index (κ1) is 38.5. The van der Waals surface area contributed by atoms with Gasteiger partial charge in [-0.3, -0.25) is 0 Å². The maximum atomic E-state index is 13.0. The van der Waals surface area contributed by atoms with E-state index in [4.69, 9.17) is 10.2 Å². The summed E-state index contributed by atoms with van der Waals surface area (Å²) < 4.78 is 201. The van der Waals surface area contributed by atoms with Crippen molar-refractivity contribution in [2.45, 2.75) is 35.2 Å². The van der Waals surface area contributed by atoms with E-state index in [1.807, 2.05) is 0 Å². The molecule has 42 heavy (non-hydrogen) atoms. The zero-order valence-corrected chi connectivity index (χ0v) is 25.2. The Hall–Kier alpha value is -1.52. The van der Waals surface area contributed by atoms with Crippen LogP contribution in [0.25, 0.3) is 0 Å². The molecule has 0 bridgehead atoms. The number of benzene rings is 2. The summed E-state index contributed by atoms with van der Waals surface area (Å²) in [5.41, 5.74) is 0. The van der Waals surface area contributed by atoms with E-state index in [0.29, 0.717) is 0 Å². The summed E-state index contributed by atoms with van der Waals surface area (Å²) in [4.78, 5) is 0. The molecule has 2 N–H and O–H groups in total. The molecule has 0 heterocycles. The zero-order valence-electron chi connectivity index (χ0n) is 19.2. The van der Waals surface area contributed by atoms with Gasteiger partial charge in [0.2, 0.25) is 0 Å². The van der Waals surface area contributed by atoms with E-state index < -0.39 is 98.7 Å². The molecule has 244 valence electrons. The first-order valence-electron chi connectivity index (χ1n) is 9.67. The summed E-state index contributed by atoms with van der Waals surface area (Å²) in [5, 5.41) is 6.37. The van der Waals surface area contributed by atoms with Gasteiger partial charge in [-0.25, -0.2) is 0 Å². The van der Waals surface area contributed by atoms with Crippen LogP contribution in [0.1, 0.15) is 0 Å². The molecule has 2 atom stereocenters. The van der Waals surface area contributed by atoms with Crippen LogP contribution in [0.3, 0.4) is 0 Å². The molecule has 2 aromatic carbocycles. The van der Waals surface area contributed by atoms with Crippen molar-refractivity contribution < 1.29 is 128 Å². The molecule has 0 aromatic heterocycles. The fraction of sp³-hybridized carbons (Fsp3) is 0.333. The molecule has 0 saturated heterocycles. The Morgan fingerprint density at radius 1 is 0.548 bits per heavy atom. The predicted molar refractivity (Wildman–Crippen MR) is 105 cm³/mol. The number of rotatable bonds is 10. The first-order chi connectivity index (χ1) is 18.8. The molecule has 2 rings (SSSR count). The van der Waals surface area contributed by atoms with Gasteiger partial charge in [-0.1, -0.05) is 0 Å². The fourth-order valence-electron chi connectivity index (χ4n) is 1.86. The van der Waals surface area contributed by atoms with Crippen LogP contribution in [0.5, 0.6) is 11.5 Å². The van der Waals surface area contributed by atoms with E-state index in [1.165, 1.54) is 0 Å². The first-order valence-corrected chi connectivity index (χ1v) is 16.4. The van der Waals surface area contributed by atoms with Crippen molar-refractivity contribution >= 4 is 20.2 Å². The van der Waals surface area contributed by atoms with Gasteiger partial charge < -0.3 is 0 Å². The molecule has 2 unspecified atom stereocenters. The van der Waals surface area contributed by atoms with Crippen molar-refractivity contribution in [2.24, 2.45) is 0 Å². The van der Waals surface area contributed by atoms with Gasteiger partial charge in [-0.15, -0.1) is 0 Å². The third-order valence-corrected chi connectivity index (χ3v) is 12.5. The van der Waals surface area contributed by atoms with Crippen LogP contribution in [0.4, 0.5) is 52.7 Å². The summed E-state index contributed by atoms with van der Waals surface area (Å²) >= 11 is -4.23. The van der Waals surface area contributed by atoms with Crippen LogP contribution in [0.15, 0.2) is 48.5 Å². The van der Waals surface area contributed by atoms with Crippen molar-refractivity contribution in [2.75, 3.05) is 0 Å². The van der Waals surface area contributed by atoms with E-state index in [0.717, 1.165) is 48.5 Å². The molecular formula is C18H12F12I2O8S2-2. The quantitative estimate of drug-likeness (QED) is 0.226. The van der Waals surface area contributed by atoms with E-state index in [1.54, 1.807) is 0 Å². The summed E-state index contributed by atoms with van der Waals surface area (Å²) in [5.74, 6) is -0.395. The van der Waals surface area contributed by atoms with Gasteiger partial charge in [0.15, 0.2) is 0 Å². The number of alkyl halides is 12. The van der Waals surface area contributed by atoms with Crippen molar-refractivity contribution in [1.82, 2.24) is 0 Å². The van der Waals surface area contributed by atoms with Crippen LogP contribution >= 0.6 is 0 Å². The van der Waals surface area contributed by atoms with Crippen molar-refractivity contribution in [3.63, 3.8) is 0 Å². The topological polar surface area (TPSA) is 127 Å². The molecular weight excluding hydrogens is 890 g/mol. The van der Waals surface area contributed by atoms with Crippen molar-refractivity contribution in [3.8, 4) is 11.5 Å². The van der Waals surface area contributed by atoms with Crippen LogP contribution in [-0.4, -0.2) is 62.3 Å². The van der Waals surface area contributed by atoms with Crippen molar-refractivity contribution in [3.05, 3.63) is 55.7 Å². The Kier molecular flexibility index (Phi) is 12.9. The second kappa shape index (κ2) is 14.1. The Labute approximate surface area is 249 Å². The number of hydrogen-bond acceptors (Lipinski definition) is 8. The molecule has 0 saturated carbocycles. The molecule has 0 aliphatic heterocycles. The molecule has 0 spiro atoms. The van der Waals surface area contributed by atoms with E-state index in [9.17, 15) is 69.5 Å². The molecule has 0 amide bonds. The minimum absolute atomic E-state index is 0.0772. The zero-order chi connectivity index (χ0) is 32.9. The molecule has 2 aromatic rings. The SMILES string of the molecule is O=S(=O)(O[I-]c1ccc(O)cc1)C(F)(F)C(F)C(F)(F)F.O=S(=O)(O[I-]c1ccc(O)cc1)C(F)(F)C(F)C(F)(F)F. The number of phenols is 2. The number of aromatic hydroxyl groups is 2. The second-order valence-electron chi connectivity index (χ2n) is 7.07. The standard InChI is InChI=1S/2C9H6F6IO4S/c2*10-7(8(11,12)13)9(14,15)21(18,19)20-16-5-1-3-6(17)4-2-5/h2*1-4,7,17H/q2*-1. The van der Waals surface area contributed by atoms with Gasteiger partial charge in [-0.2, -0.15) is 0 Å². The van der Waals surface area contributed by atoms with Gasteiger partial charge in [0.1, 0.15) is 0 Å². The van der Waals surface area contributed by atoms with Gasteiger partial charge in [0.25, 0.3) is 0 Å². The fourth-order valence-corrected chi connectivity index (χ4v) is 8.52. The van der Waals surface area contributed by atoms with E-state index in [2.05, 4.69) is 5.03 Å². The number of hydrogen-bond donors (Lipinski definition) is 2. The molecule has 0 radical (unpaired) electrons. The average molecular weight is 902 g/mol. The average Bonchev–Trinajstić information content (AvgIpc) is 2.86. The van der Waals surface area contributed by atoms with Crippen molar-refractivity contribution in [1.29, 1.82) is 0 Å². The Balaban J connectivity index is 0.000000420. The third-order valence-electron chi connectivity index (χ3n) is 3.89. The normalized spacial score (nSPS) is 15.1. The number of phenolic OH excluding ortho intramolecular Hbond substituents is 2. The summed E-state index contributed by atoms with van der Waals surface area (Å²) in [6.45, 7) is 0. The van der Waals surface area contributed by atoms with E-state index in [-0.39, 0.29) is 18.6 Å². The summed E-state index contributed by atoms with van der Waals surface area (Å²) in [6, 6.07) is 8.90. The van der Waals surface area contributed by atoms with Gasteiger partial charge >= 0.3 is 251 Å². The van der Waals surface area contributed by atoms with Crippen LogP contribution in [0, 0.1) is 7.14 Å². The molecule has 0 fully saturated rings. The second-order valence-corrected chi connectivity index (χ2v) is 15.8. The summed E-state index contributed by atoms with van der Waals surface area (Å²) in [6.07, 6.45) is -21.9. The Bertz CT molecular complexity index is 1280. The Morgan fingerprint density at radius 2 is 0.786 bits per heavy atom. The molecule has 8 nitrogen and oxygen atoms in total. The van der Waals surface area contributed by atoms with Gasteiger partial charge in [0.05, 0.1) is 0 Å². The minimum atomic E-state index is -6.09. The predicted octanol–water partition coefficient (Wildman–Crippen LogP) is -1.19. The molecule has 0 aliphatic carbocycles. The van der Waals surface area contributed by atoms with Gasteiger partial charge in [0, 0.05) is 0 Å². The molecule has 24 heteroatoms. The summed E-state index contributed by atoms with van der Waals surface area (Å²) in [7, 11) is -12.2. The molecule has 0 aliphatic rings. The van der Waals surface area contributed by atoms with E-state index >= 15 is 0 Å². The third kappa shape index (κ3) is 10.3. The van der Waals surface area contributed by atoms with Crippen LogP contribution in [-0.2, 0) is 25.3 Å². The maximum absolute atomic E-state index is 13.0. The van der Waals surface area contributed by atoms with Crippen LogP contribution in [0.2, 0.25) is 0 Å². The number of halogens is 14. The monoisotopic (exact) mass is 902 g/mol. The van der Waals surface area contributed by atoms with Crippen LogP contribution < -0.4 is 43.2 Å². The Morgan fingerprint density at radius 3 is 1.00 bits per heavy atom. The van der Waals surface area contributed by atoms with Gasteiger partial charge in [-0.05, 0) is 0 Å².